The van der Waals surface area contributed by atoms with Crippen LogP contribution >= 0.6 is 0 Å². The molecule has 1 atom stereocenters. The Morgan fingerprint density at radius 2 is 1.06 bits per heavy atom. The SMILES string of the molecule is NNC(=NC(c1ccccc1)c1cccc2oc3cc(-c4ccc5c6ccccc6c6ccccc6c5c4)ccc3c12)c1ccccc1. The van der Waals surface area contributed by atoms with Crippen LogP contribution in [-0.2, 0) is 0 Å². The molecule has 0 aliphatic rings. The second-order valence-electron chi connectivity index (χ2n) is 12.2. The van der Waals surface area contributed by atoms with Crippen LogP contribution in [-0.4, -0.2) is 5.84 Å². The summed E-state index contributed by atoms with van der Waals surface area (Å²) in [5, 5.41) is 9.71. The first-order valence-corrected chi connectivity index (χ1v) is 16.2. The topological polar surface area (TPSA) is 63.5 Å². The number of nitrogens with zero attached hydrogens (tertiary/aromatic N) is 1. The van der Waals surface area contributed by atoms with Crippen LogP contribution < -0.4 is 11.3 Å². The van der Waals surface area contributed by atoms with Crippen molar-refractivity contribution in [3.05, 3.63) is 180 Å². The molecule has 1 unspecified atom stereocenters. The first kappa shape index (κ1) is 28.0. The van der Waals surface area contributed by atoms with Crippen molar-refractivity contribution >= 4 is 60.1 Å². The summed E-state index contributed by atoms with van der Waals surface area (Å²) >= 11 is 0. The molecule has 0 aliphatic carbocycles. The minimum atomic E-state index is -0.315. The Kier molecular flexibility index (Phi) is 6.74. The molecular weight excluding hydrogens is 587 g/mol. The summed E-state index contributed by atoms with van der Waals surface area (Å²) < 4.78 is 6.58. The molecule has 1 heterocycles. The van der Waals surface area contributed by atoms with E-state index in [1.54, 1.807) is 0 Å². The number of rotatable bonds is 5. The van der Waals surface area contributed by atoms with Gasteiger partial charge in [0.15, 0.2) is 0 Å². The van der Waals surface area contributed by atoms with Crippen molar-refractivity contribution in [2.24, 2.45) is 10.8 Å². The van der Waals surface area contributed by atoms with Gasteiger partial charge in [-0.1, -0.05) is 140 Å². The Morgan fingerprint density at radius 1 is 0.500 bits per heavy atom. The highest BCUT2D eigenvalue weighted by Gasteiger charge is 2.21. The van der Waals surface area contributed by atoms with E-state index in [4.69, 9.17) is 15.3 Å². The quantitative estimate of drug-likeness (QED) is 0.0664. The number of hydrogen-bond donors (Lipinski definition) is 2. The summed E-state index contributed by atoms with van der Waals surface area (Å²) in [6, 6.07) is 57.0. The van der Waals surface area contributed by atoms with Crippen LogP contribution in [0, 0.1) is 0 Å². The van der Waals surface area contributed by atoms with Gasteiger partial charge in [-0.05, 0) is 78.8 Å². The number of furan rings is 1. The smallest absolute Gasteiger partial charge is 0.143 e. The lowest BCUT2D eigenvalue weighted by Crippen LogP contribution is -2.31. The molecule has 9 rings (SSSR count). The lowest BCUT2D eigenvalue weighted by molar-refractivity contribution is 0.668. The molecule has 9 aromatic rings. The maximum absolute atomic E-state index is 6.58. The first-order valence-electron chi connectivity index (χ1n) is 16.2. The predicted octanol–water partition coefficient (Wildman–Crippen LogP) is 10.7. The van der Waals surface area contributed by atoms with Gasteiger partial charge >= 0.3 is 0 Å². The standard InChI is InChI=1S/C44H31N3O/c45-47-44(29-14-5-2-6-15-29)46-43(28-12-3-1-4-13-28)38-20-11-21-40-42(38)37-25-23-31(27-41(37)48-40)30-22-24-36-34-18-8-7-16-32(34)33-17-9-10-19-35(33)39(36)26-30/h1-27,43H,45H2,(H,46,47). The fourth-order valence-electron chi connectivity index (χ4n) is 7.23. The highest BCUT2D eigenvalue weighted by Crippen LogP contribution is 2.41. The largest absolute Gasteiger partial charge is 0.456 e. The molecule has 0 spiro atoms. The van der Waals surface area contributed by atoms with Crippen LogP contribution in [0.15, 0.2) is 173 Å². The number of amidine groups is 1. The van der Waals surface area contributed by atoms with Gasteiger partial charge in [0.1, 0.15) is 23.0 Å². The predicted molar refractivity (Wildman–Crippen MR) is 200 cm³/mol. The number of nitrogens with one attached hydrogen (secondary N) is 1. The summed E-state index contributed by atoms with van der Waals surface area (Å²) in [5.41, 5.74) is 9.83. The maximum atomic E-state index is 6.58. The van der Waals surface area contributed by atoms with Crippen molar-refractivity contribution in [3.63, 3.8) is 0 Å². The number of fused-ring (bicyclic) bond motifs is 9. The van der Waals surface area contributed by atoms with Crippen LogP contribution in [0.1, 0.15) is 22.7 Å². The van der Waals surface area contributed by atoms with Gasteiger partial charge in [0.25, 0.3) is 0 Å². The van der Waals surface area contributed by atoms with Crippen molar-refractivity contribution in [1.82, 2.24) is 5.43 Å². The molecule has 0 saturated carbocycles. The van der Waals surface area contributed by atoms with Crippen molar-refractivity contribution in [1.29, 1.82) is 0 Å². The van der Waals surface area contributed by atoms with E-state index >= 15 is 0 Å². The number of benzene rings is 8. The Bertz CT molecular complexity index is 2620. The minimum absolute atomic E-state index is 0.315. The van der Waals surface area contributed by atoms with E-state index < -0.39 is 0 Å². The summed E-state index contributed by atoms with van der Waals surface area (Å²) in [6.45, 7) is 0. The monoisotopic (exact) mass is 617 g/mol. The van der Waals surface area contributed by atoms with Crippen LogP contribution in [0.25, 0.3) is 65.4 Å². The van der Waals surface area contributed by atoms with Gasteiger partial charge in [-0.3, -0.25) is 4.99 Å². The fourth-order valence-corrected chi connectivity index (χ4v) is 7.23. The number of aliphatic imine (C=N–C) groups is 1. The summed E-state index contributed by atoms with van der Waals surface area (Å²) in [4.78, 5) is 5.22. The van der Waals surface area contributed by atoms with Gasteiger partial charge < -0.3 is 9.84 Å². The number of hydrogen-bond acceptors (Lipinski definition) is 3. The summed E-state index contributed by atoms with van der Waals surface area (Å²) in [7, 11) is 0. The second kappa shape index (κ2) is 11.5. The summed E-state index contributed by atoms with van der Waals surface area (Å²) in [6.07, 6.45) is 0. The average molecular weight is 618 g/mol. The zero-order chi connectivity index (χ0) is 32.0. The van der Waals surface area contributed by atoms with Gasteiger partial charge in [0.05, 0.1) is 0 Å². The van der Waals surface area contributed by atoms with E-state index in [9.17, 15) is 0 Å². The molecule has 3 N–H and O–H groups in total. The number of hydrazine groups is 1. The average Bonchev–Trinajstić information content (AvgIpc) is 3.54. The maximum Gasteiger partial charge on any atom is 0.143 e. The lowest BCUT2D eigenvalue weighted by atomic mass is 9.91. The third kappa shape index (κ3) is 4.62. The van der Waals surface area contributed by atoms with Crippen molar-refractivity contribution < 1.29 is 4.42 Å². The molecule has 0 radical (unpaired) electrons. The Balaban J connectivity index is 1.21. The molecular formula is C44H31N3O. The molecule has 4 heteroatoms. The highest BCUT2D eigenvalue weighted by molar-refractivity contribution is 6.25. The van der Waals surface area contributed by atoms with Crippen molar-refractivity contribution in [2.45, 2.75) is 6.04 Å². The van der Waals surface area contributed by atoms with E-state index in [0.29, 0.717) is 5.84 Å². The van der Waals surface area contributed by atoms with Gasteiger partial charge in [-0.15, -0.1) is 0 Å². The molecule has 0 aliphatic heterocycles. The molecule has 228 valence electrons. The van der Waals surface area contributed by atoms with E-state index in [1.165, 1.54) is 32.3 Å². The van der Waals surface area contributed by atoms with E-state index in [1.807, 2.05) is 60.7 Å². The Hall–Kier alpha value is -6.23. The third-order valence-corrected chi connectivity index (χ3v) is 9.46. The van der Waals surface area contributed by atoms with E-state index in [0.717, 1.165) is 49.8 Å². The van der Waals surface area contributed by atoms with Gasteiger partial charge in [0, 0.05) is 16.3 Å². The van der Waals surface area contributed by atoms with Crippen molar-refractivity contribution in [3.8, 4) is 11.1 Å². The Labute approximate surface area is 277 Å². The van der Waals surface area contributed by atoms with E-state index in [2.05, 4.69) is 109 Å². The van der Waals surface area contributed by atoms with Crippen LogP contribution in [0.3, 0.4) is 0 Å². The van der Waals surface area contributed by atoms with E-state index in [-0.39, 0.29) is 6.04 Å². The summed E-state index contributed by atoms with van der Waals surface area (Å²) in [5.74, 6) is 6.68. The van der Waals surface area contributed by atoms with Gasteiger partial charge in [-0.2, -0.15) is 0 Å². The van der Waals surface area contributed by atoms with Crippen LogP contribution in [0.5, 0.6) is 0 Å². The molecule has 0 saturated heterocycles. The molecule has 4 nitrogen and oxygen atoms in total. The van der Waals surface area contributed by atoms with Crippen LogP contribution in [0.2, 0.25) is 0 Å². The van der Waals surface area contributed by atoms with Crippen LogP contribution in [0.4, 0.5) is 0 Å². The fraction of sp³-hybridized carbons (Fsp3) is 0.0227. The number of nitrogens with two attached hydrogens (primary N) is 1. The van der Waals surface area contributed by atoms with Gasteiger partial charge in [0.2, 0.25) is 0 Å². The third-order valence-electron chi connectivity index (χ3n) is 9.46. The molecule has 48 heavy (non-hydrogen) atoms. The van der Waals surface area contributed by atoms with Crippen molar-refractivity contribution in [2.75, 3.05) is 0 Å². The lowest BCUT2D eigenvalue weighted by Gasteiger charge is -2.17. The zero-order valence-electron chi connectivity index (χ0n) is 26.1. The minimum Gasteiger partial charge on any atom is -0.456 e. The normalized spacial score (nSPS) is 12.7. The zero-order valence-corrected chi connectivity index (χ0v) is 26.1. The Morgan fingerprint density at radius 3 is 1.73 bits per heavy atom. The molecule has 8 aromatic carbocycles. The molecule has 0 amide bonds. The highest BCUT2D eigenvalue weighted by atomic mass is 16.3. The van der Waals surface area contributed by atoms with Gasteiger partial charge in [-0.25, -0.2) is 5.84 Å². The molecule has 0 fully saturated rings. The first-order chi connectivity index (χ1) is 23.8. The second-order valence-corrected chi connectivity index (χ2v) is 12.2. The molecule has 0 bridgehead atoms. The molecule has 1 aromatic heterocycles.